The number of fused-ring (bicyclic) bond motifs is 1. The van der Waals surface area contributed by atoms with Crippen molar-refractivity contribution in [2.24, 2.45) is 0 Å². The zero-order chi connectivity index (χ0) is 23.0. The van der Waals surface area contributed by atoms with Crippen molar-refractivity contribution in [3.05, 3.63) is 90.0 Å². The fourth-order valence-corrected chi connectivity index (χ4v) is 5.25. The van der Waals surface area contributed by atoms with E-state index < -0.39 is 15.8 Å². The van der Waals surface area contributed by atoms with Gasteiger partial charge >= 0.3 is 0 Å². The number of hydrogen-bond donors (Lipinski definition) is 2. The summed E-state index contributed by atoms with van der Waals surface area (Å²) in [5.41, 5.74) is 1.83. The smallest absolute Gasteiger partial charge is 0.262 e. The molecule has 0 radical (unpaired) electrons. The second kappa shape index (κ2) is 8.32. The van der Waals surface area contributed by atoms with Crippen LogP contribution < -0.4 is 4.72 Å². The van der Waals surface area contributed by atoms with E-state index in [9.17, 15) is 17.6 Å². The van der Waals surface area contributed by atoms with Crippen LogP contribution in [0.3, 0.4) is 0 Å². The molecule has 1 fully saturated rings. The zero-order valence-electron chi connectivity index (χ0n) is 17.5. The number of anilines is 1. The van der Waals surface area contributed by atoms with Gasteiger partial charge in [-0.3, -0.25) is 9.52 Å². The molecule has 1 amide bonds. The summed E-state index contributed by atoms with van der Waals surface area (Å²) in [6.45, 7) is 0.547. The molecular formula is C24H21FN4O3S. The number of carbonyl (C=O) groups is 1. The molecule has 4 aromatic rings. The fourth-order valence-electron chi connectivity index (χ4n) is 4.13. The number of carbonyl (C=O) groups excluding carboxylic acids is 1. The van der Waals surface area contributed by atoms with Gasteiger partial charge in [-0.2, -0.15) is 0 Å². The summed E-state index contributed by atoms with van der Waals surface area (Å²) in [5, 5.41) is 0. The van der Waals surface area contributed by atoms with E-state index >= 15 is 0 Å². The van der Waals surface area contributed by atoms with Crippen molar-refractivity contribution in [2.45, 2.75) is 23.8 Å². The fraction of sp³-hybridized carbons (Fsp3) is 0.167. The van der Waals surface area contributed by atoms with E-state index in [0.717, 1.165) is 23.9 Å². The third-order valence-corrected chi connectivity index (χ3v) is 7.11. The lowest BCUT2D eigenvalue weighted by atomic mass is 10.1. The number of halogens is 1. The number of nitrogens with zero attached hydrogens (tertiary/aromatic N) is 2. The summed E-state index contributed by atoms with van der Waals surface area (Å²) in [6, 6.07) is 18.8. The first kappa shape index (κ1) is 21.1. The Morgan fingerprint density at radius 3 is 2.67 bits per heavy atom. The molecule has 5 rings (SSSR count). The van der Waals surface area contributed by atoms with Crippen LogP contribution in [-0.4, -0.2) is 35.7 Å². The van der Waals surface area contributed by atoms with Crippen molar-refractivity contribution in [1.82, 2.24) is 14.9 Å². The van der Waals surface area contributed by atoms with Crippen LogP contribution in [0.5, 0.6) is 0 Å². The van der Waals surface area contributed by atoms with Gasteiger partial charge in [-0.15, -0.1) is 0 Å². The quantitative estimate of drug-likeness (QED) is 0.455. The van der Waals surface area contributed by atoms with Crippen molar-refractivity contribution < 1.29 is 17.6 Å². The largest absolute Gasteiger partial charge is 0.340 e. The summed E-state index contributed by atoms with van der Waals surface area (Å²) >= 11 is 0. The Bertz CT molecular complexity index is 1420. The number of benzene rings is 3. The van der Waals surface area contributed by atoms with Gasteiger partial charge in [0.2, 0.25) is 0 Å². The summed E-state index contributed by atoms with van der Waals surface area (Å²) in [4.78, 5) is 22.9. The first-order valence-electron chi connectivity index (χ1n) is 10.6. The summed E-state index contributed by atoms with van der Waals surface area (Å²) < 4.78 is 41.8. The number of amides is 1. The third-order valence-electron chi connectivity index (χ3n) is 5.75. The van der Waals surface area contributed by atoms with E-state index in [4.69, 9.17) is 0 Å². The molecule has 9 heteroatoms. The number of H-pyrrole nitrogens is 1. The average Bonchev–Trinajstić information content (AvgIpc) is 3.47. The standard InChI is InChI=1S/C24H21FN4O3S/c25-18-9-1-2-10-19(18)28-33(31,32)17-8-5-7-16(15-17)24(30)29-14-6-13-22(29)23-26-20-11-3-4-12-21(20)27-23/h1-5,7-12,15,22,28H,6,13-14H2,(H,26,27). The molecule has 0 spiro atoms. The highest BCUT2D eigenvalue weighted by atomic mass is 32.2. The van der Waals surface area contributed by atoms with Gasteiger partial charge < -0.3 is 9.88 Å². The van der Waals surface area contributed by atoms with Gasteiger partial charge in [0.05, 0.1) is 27.7 Å². The van der Waals surface area contributed by atoms with Crippen LogP contribution in [0.4, 0.5) is 10.1 Å². The van der Waals surface area contributed by atoms with Crippen molar-refractivity contribution in [1.29, 1.82) is 0 Å². The van der Waals surface area contributed by atoms with Crippen LogP contribution in [0.2, 0.25) is 0 Å². The molecule has 3 aromatic carbocycles. The Balaban J connectivity index is 1.42. The van der Waals surface area contributed by atoms with Crippen molar-refractivity contribution in [3.8, 4) is 0 Å². The van der Waals surface area contributed by atoms with Gasteiger partial charge in [0.25, 0.3) is 15.9 Å². The van der Waals surface area contributed by atoms with Crippen molar-refractivity contribution in [2.75, 3.05) is 11.3 Å². The number of sulfonamides is 1. The molecule has 0 aliphatic carbocycles. The molecule has 1 aliphatic heterocycles. The Kier molecular flexibility index (Phi) is 5.33. The lowest BCUT2D eigenvalue weighted by Gasteiger charge is -2.23. The molecule has 1 saturated heterocycles. The zero-order valence-corrected chi connectivity index (χ0v) is 18.3. The summed E-state index contributed by atoms with van der Waals surface area (Å²) in [6.07, 6.45) is 1.58. The molecule has 0 saturated carbocycles. The highest BCUT2D eigenvalue weighted by molar-refractivity contribution is 7.92. The molecule has 2 N–H and O–H groups in total. The number of hydrogen-bond acceptors (Lipinski definition) is 4. The van der Waals surface area contributed by atoms with E-state index in [1.54, 1.807) is 11.0 Å². The maximum Gasteiger partial charge on any atom is 0.262 e. The first-order valence-corrected chi connectivity index (χ1v) is 12.0. The Morgan fingerprint density at radius 1 is 1.06 bits per heavy atom. The molecule has 1 aromatic heterocycles. The Hall–Kier alpha value is -3.72. The summed E-state index contributed by atoms with van der Waals surface area (Å²) in [7, 11) is -4.08. The van der Waals surface area contributed by atoms with Gasteiger partial charge in [0.15, 0.2) is 0 Å². The molecule has 1 unspecified atom stereocenters. The number of rotatable bonds is 5. The van der Waals surface area contributed by atoms with Crippen molar-refractivity contribution in [3.63, 3.8) is 0 Å². The van der Waals surface area contributed by atoms with Crippen LogP contribution in [0.25, 0.3) is 11.0 Å². The van der Waals surface area contributed by atoms with Crippen molar-refractivity contribution >= 4 is 32.7 Å². The first-order chi connectivity index (χ1) is 15.9. The van der Waals surface area contributed by atoms with Gasteiger partial charge in [-0.05, 0) is 55.3 Å². The van der Waals surface area contributed by atoms with E-state index in [0.29, 0.717) is 12.4 Å². The number of para-hydroxylation sites is 3. The number of aromatic nitrogens is 2. The molecule has 1 atom stereocenters. The number of imidazole rings is 1. The predicted octanol–water partition coefficient (Wildman–Crippen LogP) is 4.48. The van der Waals surface area contributed by atoms with E-state index in [1.165, 1.54) is 42.5 Å². The highest BCUT2D eigenvalue weighted by Gasteiger charge is 2.33. The minimum Gasteiger partial charge on any atom is -0.340 e. The minimum atomic E-state index is -4.08. The van der Waals surface area contributed by atoms with Crippen LogP contribution in [0.1, 0.15) is 35.1 Å². The molecule has 1 aliphatic rings. The minimum absolute atomic E-state index is 0.115. The second-order valence-electron chi connectivity index (χ2n) is 7.91. The molecule has 0 bridgehead atoms. The normalized spacial score (nSPS) is 16.3. The predicted molar refractivity (Wildman–Crippen MR) is 123 cm³/mol. The van der Waals surface area contributed by atoms with Crippen LogP contribution in [-0.2, 0) is 10.0 Å². The lowest BCUT2D eigenvalue weighted by Crippen LogP contribution is -2.31. The highest BCUT2D eigenvalue weighted by Crippen LogP contribution is 2.33. The Morgan fingerprint density at radius 2 is 1.85 bits per heavy atom. The van der Waals surface area contributed by atoms with Gasteiger partial charge in [-0.25, -0.2) is 17.8 Å². The van der Waals surface area contributed by atoms with E-state index in [2.05, 4.69) is 14.7 Å². The number of likely N-dealkylation sites (tertiary alicyclic amines) is 1. The molecule has 33 heavy (non-hydrogen) atoms. The average molecular weight is 465 g/mol. The second-order valence-corrected chi connectivity index (χ2v) is 9.59. The molecular weight excluding hydrogens is 443 g/mol. The number of nitrogens with one attached hydrogen (secondary N) is 2. The van der Waals surface area contributed by atoms with Crippen LogP contribution in [0, 0.1) is 5.82 Å². The van der Waals surface area contributed by atoms with E-state index in [-0.39, 0.29) is 28.1 Å². The topological polar surface area (TPSA) is 95.2 Å². The number of aromatic amines is 1. The Labute approximate surface area is 190 Å². The van der Waals surface area contributed by atoms with Crippen LogP contribution >= 0.6 is 0 Å². The van der Waals surface area contributed by atoms with Crippen LogP contribution in [0.15, 0.2) is 77.7 Å². The summed E-state index contributed by atoms with van der Waals surface area (Å²) in [5.74, 6) is -0.244. The maximum absolute atomic E-state index is 13.9. The molecule has 168 valence electrons. The molecule has 2 heterocycles. The van der Waals surface area contributed by atoms with E-state index in [1.807, 2.05) is 24.3 Å². The maximum atomic E-state index is 13.9. The van der Waals surface area contributed by atoms with Gasteiger partial charge in [0.1, 0.15) is 11.6 Å². The van der Waals surface area contributed by atoms with Gasteiger partial charge in [-0.1, -0.05) is 30.3 Å². The molecule has 7 nitrogen and oxygen atoms in total. The third kappa shape index (κ3) is 4.07. The van der Waals surface area contributed by atoms with Gasteiger partial charge in [0, 0.05) is 12.1 Å². The SMILES string of the molecule is O=C(c1cccc(S(=O)(=O)Nc2ccccc2F)c1)N1CCCC1c1nc2ccccc2[nH]1. The monoisotopic (exact) mass is 464 g/mol. The lowest BCUT2D eigenvalue weighted by molar-refractivity contribution is 0.0730.